The Morgan fingerprint density at radius 3 is 2.95 bits per heavy atom. The van der Waals surface area contributed by atoms with Gasteiger partial charge in [-0.1, -0.05) is 0 Å². The Hall–Kier alpha value is -1.70. The molecule has 0 atom stereocenters. The van der Waals surface area contributed by atoms with E-state index in [4.69, 9.17) is 4.74 Å². The van der Waals surface area contributed by atoms with Crippen LogP contribution in [-0.2, 0) is 6.54 Å². The van der Waals surface area contributed by atoms with Crippen LogP contribution in [0.3, 0.4) is 0 Å². The average molecular weight is 370 g/mol. The molecule has 0 spiro atoms. The number of rotatable bonds is 4. The topological polar surface area (TPSA) is 61.2 Å². The molecule has 2 rings (SSSR count). The third-order valence-electron chi connectivity index (χ3n) is 2.64. The van der Waals surface area contributed by atoms with Crippen molar-refractivity contribution in [2.75, 3.05) is 7.11 Å². The minimum atomic E-state index is -0.117. The van der Waals surface area contributed by atoms with Crippen molar-refractivity contribution in [2.24, 2.45) is 0 Å². The Labute approximate surface area is 123 Å². The van der Waals surface area contributed by atoms with Gasteiger partial charge in [-0.2, -0.15) is 0 Å². The number of hydrogen-bond donors (Lipinski definition) is 0. The molecule has 1 aromatic carbocycles. The fourth-order valence-corrected chi connectivity index (χ4v) is 2.19. The molecule has 0 aliphatic carbocycles. The summed E-state index contributed by atoms with van der Waals surface area (Å²) in [5.41, 5.74) is 1.19. The summed E-state index contributed by atoms with van der Waals surface area (Å²) in [6, 6.07) is 5.09. The predicted molar refractivity (Wildman–Crippen MR) is 78.7 cm³/mol. The van der Waals surface area contributed by atoms with Gasteiger partial charge in [-0.3, -0.25) is 14.2 Å². The molecule has 0 N–H and O–H groups in total. The maximum Gasteiger partial charge on any atom is 0.267 e. The summed E-state index contributed by atoms with van der Waals surface area (Å²) in [6.45, 7) is 0.313. The van der Waals surface area contributed by atoms with Gasteiger partial charge >= 0.3 is 0 Å². The molecule has 0 radical (unpaired) electrons. The van der Waals surface area contributed by atoms with Gasteiger partial charge in [0.1, 0.15) is 12.0 Å². The lowest BCUT2D eigenvalue weighted by Crippen LogP contribution is -2.23. The van der Waals surface area contributed by atoms with E-state index in [1.165, 1.54) is 17.1 Å². The molecule has 0 unspecified atom stereocenters. The van der Waals surface area contributed by atoms with Gasteiger partial charge in [0.25, 0.3) is 5.56 Å². The van der Waals surface area contributed by atoms with Gasteiger partial charge in [-0.15, -0.1) is 0 Å². The molecular weight excluding hydrogens is 359 g/mol. The Morgan fingerprint density at radius 1 is 1.47 bits per heavy atom. The summed E-state index contributed by atoms with van der Waals surface area (Å²) in [6.07, 6.45) is 3.74. The Kier molecular flexibility index (Phi) is 4.31. The molecular formula is C13H11IN2O3. The fourth-order valence-electron chi connectivity index (χ4n) is 1.72. The molecule has 0 aliphatic rings. The van der Waals surface area contributed by atoms with Crippen LogP contribution in [0.4, 0.5) is 0 Å². The second-order valence-corrected chi connectivity index (χ2v) is 5.03. The van der Waals surface area contributed by atoms with E-state index in [9.17, 15) is 9.59 Å². The quantitative estimate of drug-likeness (QED) is 0.608. The number of carbonyl (C=O) groups excluding carboxylic acids is 1. The Morgan fingerprint density at radius 2 is 2.26 bits per heavy atom. The van der Waals surface area contributed by atoms with E-state index in [0.717, 1.165) is 11.8 Å². The van der Waals surface area contributed by atoms with E-state index in [1.807, 2.05) is 22.6 Å². The molecule has 0 fully saturated rings. The van der Waals surface area contributed by atoms with Gasteiger partial charge in [0, 0.05) is 17.3 Å². The number of carbonyl (C=O) groups is 1. The number of benzene rings is 1. The van der Waals surface area contributed by atoms with Crippen molar-refractivity contribution in [3.63, 3.8) is 0 Å². The van der Waals surface area contributed by atoms with Gasteiger partial charge in [0.05, 0.1) is 23.6 Å². The SMILES string of the molecule is COc1ccc(C=O)cc1Cn1cncc(I)c1=O. The average Bonchev–Trinajstić information content (AvgIpc) is 2.43. The first kappa shape index (κ1) is 13.7. The van der Waals surface area contributed by atoms with Crippen LogP contribution in [-0.4, -0.2) is 22.9 Å². The number of aromatic nitrogens is 2. The largest absolute Gasteiger partial charge is 0.496 e. The Bertz CT molecular complexity index is 667. The summed E-state index contributed by atoms with van der Waals surface area (Å²) in [5.74, 6) is 0.636. The minimum absolute atomic E-state index is 0.117. The van der Waals surface area contributed by atoms with E-state index in [0.29, 0.717) is 21.4 Å². The van der Waals surface area contributed by atoms with Crippen LogP contribution in [0.5, 0.6) is 5.75 Å². The van der Waals surface area contributed by atoms with Crippen molar-refractivity contribution < 1.29 is 9.53 Å². The van der Waals surface area contributed by atoms with Crippen LogP contribution in [0.25, 0.3) is 0 Å². The lowest BCUT2D eigenvalue weighted by molar-refractivity contribution is 0.112. The number of hydrogen-bond acceptors (Lipinski definition) is 4. The third kappa shape index (κ3) is 3.01. The maximum absolute atomic E-state index is 11.9. The van der Waals surface area contributed by atoms with Crippen LogP contribution in [0.15, 0.2) is 35.5 Å². The van der Waals surface area contributed by atoms with Crippen molar-refractivity contribution in [1.82, 2.24) is 9.55 Å². The molecule has 0 saturated heterocycles. The molecule has 0 aliphatic heterocycles. The van der Waals surface area contributed by atoms with Gasteiger partial charge in [-0.05, 0) is 40.8 Å². The molecule has 0 saturated carbocycles. The second kappa shape index (κ2) is 5.96. The highest BCUT2D eigenvalue weighted by atomic mass is 127. The van der Waals surface area contributed by atoms with Gasteiger partial charge < -0.3 is 4.74 Å². The van der Waals surface area contributed by atoms with Crippen LogP contribution in [0.1, 0.15) is 15.9 Å². The molecule has 1 heterocycles. The van der Waals surface area contributed by atoms with E-state index in [-0.39, 0.29) is 5.56 Å². The zero-order chi connectivity index (χ0) is 13.8. The highest BCUT2D eigenvalue weighted by Crippen LogP contribution is 2.19. The van der Waals surface area contributed by atoms with E-state index in [1.54, 1.807) is 25.3 Å². The number of halogens is 1. The van der Waals surface area contributed by atoms with Crippen molar-refractivity contribution in [2.45, 2.75) is 6.54 Å². The summed E-state index contributed by atoms with van der Waals surface area (Å²) >= 11 is 1.94. The zero-order valence-corrected chi connectivity index (χ0v) is 12.3. The van der Waals surface area contributed by atoms with E-state index < -0.39 is 0 Å². The van der Waals surface area contributed by atoms with Crippen LogP contribution in [0, 0.1) is 3.57 Å². The van der Waals surface area contributed by atoms with E-state index in [2.05, 4.69) is 4.98 Å². The first-order chi connectivity index (χ1) is 9.15. The van der Waals surface area contributed by atoms with E-state index >= 15 is 0 Å². The first-order valence-corrected chi connectivity index (χ1v) is 6.55. The second-order valence-electron chi connectivity index (χ2n) is 3.86. The van der Waals surface area contributed by atoms with Crippen LogP contribution >= 0.6 is 22.6 Å². The van der Waals surface area contributed by atoms with Crippen molar-refractivity contribution in [1.29, 1.82) is 0 Å². The molecule has 5 nitrogen and oxygen atoms in total. The van der Waals surface area contributed by atoms with Gasteiger partial charge in [0.2, 0.25) is 0 Å². The monoisotopic (exact) mass is 370 g/mol. The summed E-state index contributed by atoms with van der Waals surface area (Å²) in [4.78, 5) is 26.7. The van der Waals surface area contributed by atoms with Crippen LogP contribution in [0.2, 0.25) is 0 Å². The molecule has 19 heavy (non-hydrogen) atoms. The summed E-state index contributed by atoms with van der Waals surface area (Å²) in [5, 5.41) is 0. The number of methoxy groups -OCH3 is 1. The predicted octanol–water partition coefficient (Wildman–Crippen LogP) is 1.72. The standard InChI is InChI=1S/C13H11IN2O3/c1-19-12-3-2-9(7-17)4-10(12)6-16-8-15-5-11(14)13(16)18/h2-5,7-8H,6H2,1H3. The highest BCUT2D eigenvalue weighted by Gasteiger charge is 2.07. The van der Waals surface area contributed by atoms with Crippen molar-refractivity contribution >= 4 is 28.9 Å². The first-order valence-electron chi connectivity index (χ1n) is 5.47. The Balaban J connectivity index is 2.44. The summed E-state index contributed by atoms with van der Waals surface area (Å²) in [7, 11) is 1.55. The third-order valence-corrected chi connectivity index (χ3v) is 3.38. The molecule has 98 valence electrons. The maximum atomic E-state index is 11.9. The molecule has 6 heteroatoms. The highest BCUT2D eigenvalue weighted by molar-refractivity contribution is 14.1. The number of nitrogens with zero attached hydrogens (tertiary/aromatic N) is 2. The van der Waals surface area contributed by atoms with Gasteiger partial charge in [-0.25, -0.2) is 4.98 Å². The molecule has 0 amide bonds. The lowest BCUT2D eigenvalue weighted by atomic mass is 10.1. The fraction of sp³-hybridized carbons (Fsp3) is 0.154. The smallest absolute Gasteiger partial charge is 0.267 e. The zero-order valence-electron chi connectivity index (χ0n) is 10.2. The molecule has 2 aromatic rings. The number of ether oxygens (including phenoxy) is 1. The van der Waals surface area contributed by atoms with Crippen molar-refractivity contribution in [3.05, 3.63) is 55.8 Å². The normalized spacial score (nSPS) is 10.2. The lowest BCUT2D eigenvalue weighted by Gasteiger charge is -2.10. The van der Waals surface area contributed by atoms with Crippen molar-refractivity contribution in [3.8, 4) is 5.75 Å². The molecule has 1 aromatic heterocycles. The minimum Gasteiger partial charge on any atom is -0.496 e. The molecule has 0 bridgehead atoms. The summed E-state index contributed by atoms with van der Waals surface area (Å²) < 4.78 is 7.26. The van der Waals surface area contributed by atoms with Crippen LogP contribution < -0.4 is 10.3 Å². The van der Waals surface area contributed by atoms with Gasteiger partial charge in [0.15, 0.2) is 0 Å². The number of aldehydes is 1.